The first kappa shape index (κ1) is 13.9. The highest BCUT2D eigenvalue weighted by molar-refractivity contribution is 5.94. The summed E-state index contributed by atoms with van der Waals surface area (Å²) in [5.74, 6) is -1.46. The molecule has 0 bridgehead atoms. The summed E-state index contributed by atoms with van der Waals surface area (Å²) in [5.41, 5.74) is 0.109. The Bertz CT molecular complexity index is 540. The number of aliphatic carboxylic acids is 1. The molecule has 2 atom stereocenters. The predicted octanol–water partition coefficient (Wildman–Crippen LogP) is 1.18. The first-order chi connectivity index (χ1) is 9.66. The molecule has 1 aliphatic rings. The number of nitrogens with one attached hydrogen (secondary N) is 1. The third-order valence-electron chi connectivity index (χ3n) is 3.01. The molecule has 0 spiro atoms. The molecule has 1 heterocycles. The lowest BCUT2D eigenvalue weighted by Gasteiger charge is -2.19. The molecule has 0 radical (unpaired) electrons. The average Bonchev–Trinajstić information content (AvgIpc) is 2.48. The van der Waals surface area contributed by atoms with Gasteiger partial charge in [-0.05, 0) is 18.8 Å². The second-order valence-corrected chi connectivity index (χ2v) is 4.50. The van der Waals surface area contributed by atoms with Gasteiger partial charge in [-0.2, -0.15) is 0 Å². The van der Waals surface area contributed by atoms with Crippen LogP contribution >= 0.6 is 0 Å². The number of carboxylic acids is 1. The molecule has 0 saturated heterocycles. The minimum absolute atomic E-state index is 0.109. The summed E-state index contributed by atoms with van der Waals surface area (Å²) in [4.78, 5) is 30.8. The van der Waals surface area contributed by atoms with Crippen molar-refractivity contribution < 1.29 is 14.7 Å². The largest absolute Gasteiger partial charge is 0.480 e. The van der Waals surface area contributed by atoms with Crippen LogP contribution in [0.3, 0.4) is 0 Å². The Morgan fingerprint density at radius 1 is 1.40 bits per heavy atom. The molecule has 1 unspecified atom stereocenters. The van der Waals surface area contributed by atoms with Gasteiger partial charge in [0.1, 0.15) is 11.7 Å². The van der Waals surface area contributed by atoms with Gasteiger partial charge in [-0.15, -0.1) is 0 Å². The summed E-state index contributed by atoms with van der Waals surface area (Å²) in [6.45, 7) is 0. The topological polar surface area (TPSA) is 92.2 Å². The Morgan fingerprint density at radius 3 is 2.85 bits per heavy atom. The van der Waals surface area contributed by atoms with Gasteiger partial charge < -0.3 is 10.4 Å². The predicted molar refractivity (Wildman–Crippen MR) is 71.9 cm³/mol. The minimum Gasteiger partial charge on any atom is -0.480 e. The lowest BCUT2D eigenvalue weighted by atomic mass is 9.93. The lowest BCUT2D eigenvalue weighted by Crippen LogP contribution is -2.42. The number of carboxylic acid groups (broad SMARTS) is 1. The van der Waals surface area contributed by atoms with Gasteiger partial charge in [0, 0.05) is 12.4 Å². The smallest absolute Gasteiger partial charge is 0.326 e. The van der Waals surface area contributed by atoms with Gasteiger partial charge in [-0.1, -0.05) is 24.3 Å². The van der Waals surface area contributed by atoms with E-state index >= 15 is 0 Å². The molecule has 0 saturated carbocycles. The SMILES string of the molecule is O=C(N[C@@H](CC1C=CC=CC1)C(=O)O)c1cnccn1. The standard InChI is InChI=1S/C14H15N3O3/c18-13(12-9-15-6-7-16-12)17-11(14(19)20)8-10-4-2-1-3-5-10/h1-4,6-7,9-11H,5,8H2,(H,17,18)(H,19,20)/t10?,11-/m0/s1. The van der Waals surface area contributed by atoms with E-state index < -0.39 is 17.9 Å². The van der Waals surface area contributed by atoms with E-state index in [2.05, 4.69) is 15.3 Å². The van der Waals surface area contributed by atoms with Crippen molar-refractivity contribution in [1.29, 1.82) is 0 Å². The molecule has 0 fully saturated rings. The fourth-order valence-corrected chi connectivity index (χ4v) is 1.98. The molecule has 6 nitrogen and oxygen atoms in total. The van der Waals surface area contributed by atoms with Gasteiger partial charge in [0.25, 0.3) is 5.91 Å². The van der Waals surface area contributed by atoms with E-state index in [9.17, 15) is 14.7 Å². The number of carbonyl (C=O) groups is 2. The van der Waals surface area contributed by atoms with Crippen molar-refractivity contribution in [3.8, 4) is 0 Å². The molecular weight excluding hydrogens is 258 g/mol. The summed E-state index contributed by atoms with van der Waals surface area (Å²) in [5, 5.41) is 11.7. The molecule has 0 aromatic carbocycles. The molecule has 1 amide bonds. The number of carbonyl (C=O) groups excluding carboxylic acids is 1. The zero-order valence-electron chi connectivity index (χ0n) is 10.8. The summed E-state index contributed by atoms with van der Waals surface area (Å²) in [6, 6.07) is -0.939. The Hall–Kier alpha value is -2.50. The van der Waals surface area contributed by atoms with Crippen molar-refractivity contribution in [3.63, 3.8) is 0 Å². The van der Waals surface area contributed by atoms with E-state index in [0.717, 1.165) is 6.42 Å². The normalized spacial score (nSPS) is 18.5. The molecule has 6 heteroatoms. The molecule has 1 aromatic rings. The second kappa shape index (κ2) is 6.60. The quantitative estimate of drug-likeness (QED) is 0.840. The number of hydrogen-bond donors (Lipinski definition) is 2. The molecule has 2 N–H and O–H groups in total. The highest BCUT2D eigenvalue weighted by Gasteiger charge is 2.24. The molecule has 104 valence electrons. The van der Waals surface area contributed by atoms with E-state index in [1.807, 2.05) is 24.3 Å². The van der Waals surface area contributed by atoms with Crippen LogP contribution < -0.4 is 5.32 Å². The van der Waals surface area contributed by atoms with Crippen molar-refractivity contribution in [2.75, 3.05) is 0 Å². The molecule has 2 rings (SSSR count). The minimum atomic E-state index is -1.05. The van der Waals surface area contributed by atoms with Crippen LogP contribution in [0.4, 0.5) is 0 Å². The van der Waals surface area contributed by atoms with Crippen LogP contribution in [0.5, 0.6) is 0 Å². The molecule has 20 heavy (non-hydrogen) atoms. The highest BCUT2D eigenvalue weighted by atomic mass is 16.4. The number of allylic oxidation sites excluding steroid dienone is 4. The van der Waals surface area contributed by atoms with Gasteiger partial charge in [0.15, 0.2) is 0 Å². The van der Waals surface area contributed by atoms with Crippen molar-refractivity contribution in [2.45, 2.75) is 18.9 Å². The Morgan fingerprint density at radius 2 is 2.25 bits per heavy atom. The Labute approximate surface area is 116 Å². The maximum atomic E-state index is 11.9. The monoisotopic (exact) mass is 273 g/mol. The number of amides is 1. The number of aromatic nitrogens is 2. The number of rotatable bonds is 5. The maximum Gasteiger partial charge on any atom is 0.326 e. The van der Waals surface area contributed by atoms with E-state index in [1.54, 1.807) is 0 Å². The van der Waals surface area contributed by atoms with E-state index in [4.69, 9.17) is 0 Å². The van der Waals surface area contributed by atoms with E-state index in [0.29, 0.717) is 6.42 Å². The zero-order valence-corrected chi connectivity index (χ0v) is 10.8. The highest BCUT2D eigenvalue weighted by Crippen LogP contribution is 2.17. The lowest BCUT2D eigenvalue weighted by molar-refractivity contribution is -0.139. The average molecular weight is 273 g/mol. The molecular formula is C14H15N3O3. The summed E-state index contributed by atoms with van der Waals surface area (Å²) >= 11 is 0. The van der Waals surface area contributed by atoms with Crippen molar-refractivity contribution in [2.24, 2.45) is 5.92 Å². The third-order valence-corrected chi connectivity index (χ3v) is 3.01. The van der Waals surface area contributed by atoms with Crippen molar-refractivity contribution >= 4 is 11.9 Å². The fourth-order valence-electron chi connectivity index (χ4n) is 1.98. The van der Waals surface area contributed by atoms with Crippen molar-refractivity contribution in [1.82, 2.24) is 15.3 Å². The van der Waals surface area contributed by atoms with Crippen LogP contribution in [-0.4, -0.2) is 33.0 Å². The summed E-state index contributed by atoms with van der Waals surface area (Å²) in [7, 11) is 0. The molecule has 1 aliphatic carbocycles. The van der Waals surface area contributed by atoms with Crippen LogP contribution in [-0.2, 0) is 4.79 Å². The fraction of sp³-hybridized carbons (Fsp3) is 0.286. The van der Waals surface area contributed by atoms with Gasteiger partial charge in [0.05, 0.1) is 6.20 Å². The molecule has 1 aromatic heterocycles. The van der Waals surface area contributed by atoms with E-state index in [1.165, 1.54) is 18.6 Å². The Kier molecular flexibility index (Phi) is 4.60. The maximum absolute atomic E-state index is 11.9. The van der Waals surface area contributed by atoms with Crippen LogP contribution in [0.2, 0.25) is 0 Å². The number of hydrogen-bond acceptors (Lipinski definition) is 4. The van der Waals surface area contributed by atoms with Crippen LogP contribution in [0.1, 0.15) is 23.3 Å². The van der Waals surface area contributed by atoms with Crippen LogP contribution in [0.25, 0.3) is 0 Å². The number of nitrogens with zero attached hydrogens (tertiary/aromatic N) is 2. The second-order valence-electron chi connectivity index (χ2n) is 4.50. The third kappa shape index (κ3) is 3.74. The van der Waals surface area contributed by atoms with Crippen molar-refractivity contribution in [3.05, 3.63) is 48.6 Å². The Balaban J connectivity index is 1.99. The first-order valence-corrected chi connectivity index (χ1v) is 6.30. The van der Waals surface area contributed by atoms with Crippen LogP contribution in [0.15, 0.2) is 42.9 Å². The van der Waals surface area contributed by atoms with Crippen LogP contribution in [0, 0.1) is 5.92 Å². The van der Waals surface area contributed by atoms with E-state index in [-0.39, 0.29) is 11.6 Å². The van der Waals surface area contributed by atoms with Gasteiger partial charge in [-0.25, -0.2) is 9.78 Å². The summed E-state index contributed by atoms with van der Waals surface area (Å²) in [6.07, 6.45) is 13.0. The first-order valence-electron chi connectivity index (χ1n) is 6.30. The summed E-state index contributed by atoms with van der Waals surface area (Å²) < 4.78 is 0. The molecule has 0 aliphatic heterocycles. The zero-order chi connectivity index (χ0) is 14.4. The van der Waals surface area contributed by atoms with Gasteiger partial charge in [-0.3, -0.25) is 9.78 Å². The van der Waals surface area contributed by atoms with Gasteiger partial charge in [0.2, 0.25) is 0 Å². The van der Waals surface area contributed by atoms with Gasteiger partial charge >= 0.3 is 5.97 Å².